The Morgan fingerprint density at radius 2 is 1.80 bits per heavy atom. The topological polar surface area (TPSA) is 98.8 Å². The summed E-state index contributed by atoms with van der Waals surface area (Å²) in [6.45, 7) is 1.45. The molecule has 1 N–H and O–H groups in total. The molecule has 0 aliphatic heterocycles. The lowest BCUT2D eigenvalue weighted by Crippen LogP contribution is -2.16. The molecule has 10 heteroatoms. The molecule has 1 aromatic carbocycles. The molecule has 0 unspecified atom stereocenters. The monoisotopic (exact) mass is 403 g/mol. The van der Waals surface area contributed by atoms with Crippen molar-refractivity contribution in [3.63, 3.8) is 0 Å². The summed E-state index contributed by atoms with van der Waals surface area (Å²) in [5.41, 5.74) is 0.187. The van der Waals surface area contributed by atoms with Gasteiger partial charge in [0.2, 0.25) is 0 Å². The van der Waals surface area contributed by atoms with Crippen LogP contribution in [0.15, 0.2) is 28.5 Å². The summed E-state index contributed by atoms with van der Waals surface area (Å²) < 4.78 is 36.7. The van der Waals surface area contributed by atoms with Crippen LogP contribution in [0, 0.1) is 6.92 Å². The highest BCUT2D eigenvalue weighted by Crippen LogP contribution is 2.34. The summed E-state index contributed by atoms with van der Waals surface area (Å²) in [6, 6.07) is 6.08. The maximum absolute atomic E-state index is 12.7. The highest BCUT2D eigenvalue weighted by molar-refractivity contribution is 7.94. The van der Waals surface area contributed by atoms with E-state index in [1.54, 1.807) is 12.1 Å². The van der Waals surface area contributed by atoms with E-state index >= 15 is 0 Å². The number of halogens is 1. The van der Waals surface area contributed by atoms with Gasteiger partial charge in [0.1, 0.15) is 4.88 Å². The van der Waals surface area contributed by atoms with E-state index in [1.165, 1.54) is 19.1 Å². The summed E-state index contributed by atoms with van der Waals surface area (Å²) >= 11 is 6.48. The molecule has 0 spiro atoms. The zero-order valence-electron chi connectivity index (χ0n) is 13.5. The fourth-order valence-electron chi connectivity index (χ4n) is 2.06. The zero-order valence-corrected chi connectivity index (χ0v) is 15.8. The number of carbonyl (C=O) groups excluding carboxylic acids is 2. The van der Waals surface area contributed by atoms with Gasteiger partial charge in [-0.1, -0.05) is 17.7 Å². The quantitative estimate of drug-likeness (QED) is 0.770. The number of hydrogen-bond acceptors (Lipinski definition) is 7. The van der Waals surface area contributed by atoms with E-state index in [1.807, 2.05) is 0 Å². The Balaban J connectivity index is 2.59. The van der Waals surface area contributed by atoms with Crippen molar-refractivity contribution in [3.8, 4) is 0 Å². The Bertz CT molecular complexity index is 935. The molecular formula is C15H14ClNO6S2. The molecule has 0 atom stereocenters. The number of carbonyl (C=O) groups is 2. The molecule has 1 aromatic heterocycles. The predicted octanol–water partition coefficient (Wildman–Crippen LogP) is 3.08. The lowest BCUT2D eigenvalue weighted by molar-refractivity contribution is 0.0596. The Labute approximate surface area is 153 Å². The predicted molar refractivity (Wildman–Crippen MR) is 94.0 cm³/mol. The molecule has 25 heavy (non-hydrogen) atoms. The van der Waals surface area contributed by atoms with Crippen LogP contribution in [0.3, 0.4) is 0 Å². The summed E-state index contributed by atoms with van der Waals surface area (Å²) in [7, 11) is -1.87. The standard InChI is InChI=1S/C15H14ClNO6S2/c1-8-11(13(18)22-2)15(24-12(8)14(19)23-3)25(20,21)17-10-6-4-5-9(16)7-10/h4-7,17H,1-3H3. The smallest absolute Gasteiger partial charge is 0.348 e. The normalized spacial score (nSPS) is 11.0. The molecule has 0 saturated heterocycles. The minimum Gasteiger partial charge on any atom is -0.465 e. The van der Waals surface area contributed by atoms with Crippen LogP contribution in [-0.4, -0.2) is 34.6 Å². The third kappa shape index (κ3) is 3.94. The molecule has 0 saturated carbocycles. The van der Waals surface area contributed by atoms with E-state index in [0.717, 1.165) is 14.2 Å². The number of ether oxygens (including phenoxy) is 2. The lowest BCUT2D eigenvalue weighted by atomic mass is 10.2. The Hall–Kier alpha value is -2.10. The van der Waals surface area contributed by atoms with Crippen molar-refractivity contribution < 1.29 is 27.5 Å². The van der Waals surface area contributed by atoms with E-state index in [0.29, 0.717) is 16.4 Å². The first-order valence-corrected chi connectivity index (χ1v) is 9.47. The van der Waals surface area contributed by atoms with Gasteiger partial charge in [-0.2, -0.15) is 0 Å². The van der Waals surface area contributed by atoms with Gasteiger partial charge in [-0.15, -0.1) is 11.3 Å². The van der Waals surface area contributed by atoms with Gasteiger partial charge in [-0.25, -0.2) is 18.0 Å². The summed E-state index contributed by atoms with van der Waals surface area (Å²) in [5, 5.41) is 0.339. The molecule has 0 aliphatic carbocycles. The first-order valence-electron chi connectivity index (χ1n) is 6.79. The lowest BCUT2D eigenvalue weighted by Gasteiger charge is -2.08. The Morgan fingerprint density at radius 1 is 1.16 bits per heavy atom. The molecule has 0 radical (unpaired) electrons. The minimum atomic E-state index is -4.16. The fraction of sp³-hybridized carbons (Fsp3) is 0.200. The van der Waals surface area contributed by atoms with Crippen LogP contribution in [0.1, 0.15) is 25.6 Å². The van der Waals surface area contributed by atoms with Gasteiger partial charge >= 0.3 is 11.9 Å². The van der Waals surface area contributed by atoms with Gasteiger partial charge in [0.05, 0.1) is 25.5 Å². The van der Waals surface area contributed by atoms with Crippen molar-refractivity contribution in [3.05, 3.63) is 45.3 Å². The van der Waals surface area contributed by atoms with Crippen molar-refractivity contribution in [2.75, 3.05) is 18.9 Å². The van der Waals surface area contributed by atoms with E-state index < -0.39 is 22.0 Å². The molecule has 134 valence electrons. The number of anilines is 1. The Morgan fingerprint density at radius 3 is 2.36 bits per heavy atom. The van der Waals surface area contributed by atoms with Crippen LogP contribution >= 0.6 is 22.9 Å². The fourth-order valence-corrected chi connectivity index (χ4v) is 5.04. The van der Waals surface area contributed by atoms with Crippen molar-refractivity contribution >= 4 is 50.6 Å². The van der Waals surface area contributed by atoms with Gasteiger partial charge in [0.25, 0.3) is 10.0 Å². The maximum Gasteiger partial charge on any atom is 0.348 e. The van der Waals surface area contributed by atoms with E-state index in [9.17, 15) is 18.0 Å². The van der Waals surface area contributed by atoms with Crippen LogP contribution in [0.5, 0.6) is 0 Å². The summed E-state index contributed by atoms with van der Waals surface area (Å²) in [5.74, 6) is -1.60. The van der Waals surface area contributed by atoms with Crippen LogP contribution in [0.25, 0.3) is 0 Å². The Kier molecular flexibility index (Phi) is 5.71. The van der Waals surface area contributed by atoms with E-state index in [2.05, 4.69) is 14.2 Å². The average Bonchev–Trinajstić information content (AvgIpc) is 2.91. The molecule has 7 nitrogen and oxygen atoms in total. The second-order valence-electron chi connectivity index (χ2n) is 4.82. The molecular weight excluding hydrogens is 390 g/mol. The molecule has 1 heterocycles. The third-order valence-corrected chi connectivity index (χ3v) is 6.60. The summed E-state index contributed by atoms with van der Waals surface area (Å²) in [6.07, 6.45) is 0. The van der Waals surface area contributed by atoms with E-state index in [4.69, 9.17) is 11.6 Å². The number of benzene rings is 1. The third-order valence-electron chi connectivity index (χ3n) is 3.20. The van der Waals surface area contributed by atoms with Crippen molar-refractivity contribution in [1.29, 1.82) is 0 Å². The number of nitrogens with one attached hydrogen (secondary N) is 1. The minimum absolute atomic E-state index is 0.00868. The summed E-state index contributed by atoms with van der Waals surface area (Å²) in [4.78, 5) is 23.9. The zero-order chi connectivity index (χ0) is 18.8. The van der Waals surface area contributed by atoms with Crippen molar-refractivity contribution in [2.24, 2.45) is 0 Å². The molecule has 0 aliphatic rings. The highest BCUT2D eigenvalue weighted by atomic mass is 35.5. The second-order valence-corrected chi connectivity index (χ2v) is 8.15. The van der Waals surface area contributed by atoms with Gasteiger partial charge in [-0.05, 0) is 30.7 Å². The number of esters is 2. The first-order chi connectivity index (χ1) is 11.7. The van der Waals surface area contributed by atoms with Crippen LogP contribution in [-0.2, 0) is 19.5 Å². The maximum atomic E-state index is 12.7. The average molecular weight is 404 g/mol. The molecule has 0 fully saturated rings. The van der Waals surface area contributed by atoms with Gasteiger partial charge < -0.3 is 9.47 Å². The van der Waals surface area contributed by atoms with Crippen LogP contribution in [0.2, 0.25) is 5.02 Å². The molecule has 0 bridgehead atoms. The number of sulfonamides is 1. The van der Waals surface area contributed by atoms with Gasteiger partial charge in [-0.3, -0.25) is 4.72 Å². The number of methoxy groups -OCH3 is 2. The first kappa shape index (κ1) is 19.2. The van der Waals surface area contributed by atoms with Gasteiger partial charge in [0, 0.05) is 5.02 Å². The number of rotatable bonds is 5. The van der Waals surface area contributed by atoms with Crippen molar-refractivity contribution in [2.45, 2.75) is 11.1 Å². The van der Waals surface area contributed by atoms with Crippen LogP contribution < -0.4 is 4.72 Å². The largest absolute Gasteiger partial charge is 0.465 e. The molecule has 2 rings (SSSR count). The molecule has 2 aromatic rings. The highest BCUT2D eigenvalue weighted by Gasteiger charge is 2.32. The van der Waals surface area contributed by atoms with Crippen LogP contribution in [0.4, 0.5) is 5.69 Å². The SMILES string of the molecule is COC(=O)c1sc(S(=O)(=O)Nc2cccc(Cl)c2)c(C(=O)OC)c1C. The van der Waals surface area contributed by atoms with E-state index in [-0.39, 0.29) is 25.9 Å². The van der Waals surface area contributed by atoms with Crippen molar-refractivity contribution in [1.82, 2.24) is 0 Å². The number of thiophene rings is 1. The number of hydrogen-bond donors (Lipinski definition) is 1. The molecule has 0 amide bonds. The second kappa shape index (κ2) is 7.42. The van der Waals surface area contributed by atoms with Gasteiger partial charge in [0.15, 0.2) is 4.21 Å².